The van der Waals surface area contributed by atoms with Crippen LogP contribution in [-0.2, 0) is 6.54 Å². The first-order valence-corrected chi connectivity index (χ1v) is 5.89. The standard InChI is InChI=1S/C13H18N4/c1-4-14-8-12-5-11(3)16-13(6-12)17-9-10(2)7-15-17/h5-7,9,14H,4,8H2,1-3H3. The molecule has 2 aromatic heterocycles. The number of aryl methyl sites for hydroxylation is 2. The highest BCUT2D eigenvalue weighted by atomic mass is 15.3. The summed E-state index contributed by atoms with van der Waals surface area (Å²) in [6, 6.07) is 4.17. The average Bonchev–Trinajstić information content (AvgIpc) is 2.72. The summed E-state index contributed by atoms with van der Waals surface area (Å²) in [4.78, 5) is 4.50. The van der Waals surface area contributed by atoms with Gasteiger partial charge in [-0.3, -0.25) is 0 Å². The van der Waals surface area contributed by atoms with Crippen molar-refractivity contribution in [1.29, 1.82) is 0 Å². The van der Waals surface area contributed by atoms with Crippen LogP contribution in [-0.4, -0.2) is 21.3 Å². The molecule has 0 fully saturated rings. The van der Waals surface area contributed by atoms with Gasteiger partial charge in [-0.05, 0) is 43.7 Å². The summed E-state index contributed by atoms with van der Waals surface area (Å²) in [5.74, 6) is 0.881. The lowest BCUT2D eigenvalue weighted by Crippen LogP contribution is -2.12. The molecule has 0 radical (unpaired) electrons. The summed E-state index contributed by atoms with van der Waals surface area (Å²) >= 11 is 0. The highest BCUT2D eigenvalue weighted by Gasteiger charge is 2.03. The minimum Gasteiger partial charge on any atom is -0.313 e. The first-order valence-electron chi connectivity index (χ1n) is 5.89. The van der Waals surface area contributed by atoms with Crippen molar-refractivity contribution in [2.24, 2.45) is 0 Å². The predicted molar refractivity (Wildman–Crippen MR) is 68.2 cm³/mol. The summed E-state index contributed by atoms with van der Waals surface area (Å²) in [5.41, 5.74) is 3.40. The fraction of sp³-hybridized carbons (Fsp3) is 0.385. The Morgan fingerprint density at radius 3 is 2.76 bits per heavy atom. The normalized spacial score (nSPS) is 10.8. The molecule has 0 saturated carbocycles. The van der Waals surface area contributed by atoms with E-state index >= 15 is 0 Å². The second-order valence-electron chi connectivity index (χ2n) is 4.22. The number of hydrogen-bond donors (Lipinski definition) is 1. The van der Waals surface area contributed by atoms with Crippen molar-refractivity contribution < 1.29 is 0 Å². The molecule has 0 amide bonds. The zero-order chi connectivity index (χ0) is 12.3. The molecule has 90 valence electrons. The van der Waals surface area contributed by atoms with Crippen LogP contribution in [0.1, 0.15) is 23.7 Å². The first-order chi connectivity index (χ1) is 8.19. The summed E-state index contributed by atoms with van der Waals surface area (Å²) in [6.45, 7) is 7.98. The number of rotatable bonds is 4. The molecular weight excluding hydrogens is 212 g/mol. The maximum atomic E-state index is 4.50. The highest BCUT2D eigenvalue weighted by Crippen LogP contribution is 2.10. The summed E-state index contributed by atoms with van der Waals surface area (Å²) in [6.07, 6.45) is 3.83. The Labute approximate surface area is 102 Å². The largest absolute Gasteiger partial charge is 0.313 e. The van der Waals surface area contributed by atoms with Crippen LogP contribution in [0.4, 0.5) is 0 Å². The van der Waals surface area contributed by atoms with E-state index in [9.17, 15) is 0 Å². The zero-order valence-electron chi connectivity index (χ0n) is 10.6. The van der Waals surface area contributed by atoms with E-state index in [1.807, 2.05) is 30.9 Å². The van der Waals surface area contributed by atoms with Crippen molar-refractivity contribution in [2.75, 3.05) is 6.54 Å². The number of pyridine rings is 1. The predicted octanol–water partition coefficient (Wildman–Crippen LogP) is 1.99. The maximum Gasteiger partial charge on any atom is 0.153 e. The van der Waals surface area contributed by atoms with Crippen molar-refractivity contribution in [2.45, 2.75) is 27.3 Å². The molecule has 0 atom stereocenters. The molecular formula is C13H18N4. The van der Waals surface area contributed by atoms with Gasteiger partial charge in [0.05, 0.1) is 6.20 Å². The Hall–Kier alpha value is -1.68. The van der Waals surface area contributed by atoms with Gasteiger partial charge in [0.15, 0.2) is 5.82 Å². The first kappa shape index (κ1) is 11.8. The van der Waals surface area contributed by atoms with E-state index in [0.29, 0.717) is 0 Å². The van der Waals surface area contributed by atoms with Crippen LogP contribution in [0.25, 0.3) is 5.82 Å². The van der Waals surface area contributed by atoms with Gasteiger partial charge < -0.3 is 5.32 Å². The Morgan fingerprint density at radius 2 is 2.12 bits per heavy atom. The Morgan fingerprint density at radius 1 is 1.29 bits per heavy atom. The van der Waals surface area contributed by atoms with Crippen molar-refractivity contribution >= 4 is 0 Å². The fourth-order valence-electron chi connectivity index (χ4n) is 1.75. The average molecular weight is 230 g/mol. The monoisotopic (exact) mass is 230 g/mol. The van der Waals surface area contributed by atoms with Crippen molar-refractivity contribution in [3.63, 3.8) is 0 Å². The highest BCUT2D eigenvalue weighted by molar-refractivity contribution is 5.30. The lowest BCUT2D eigenvalue weighted by molar-refractivity contribution is 0.722. The molecule has 17 heavy (non-hydrogen) atoms. The Kier molecular flexibility index (Phi) is 3.54. The summed E-state index contributed by atoms with van der Waals surface area (Å²) < 4.78 is 1.82. The smallest absolute Gasteiger partial charge is 0.153 e. The second-order valence-corrected chi connectivity index (χ2v) is 4.22. The molecule has 2 rings (SSSR count). The van der Waals surface area contributed by atoms with Crippen LogP contribution in [0.15, 0.2) is 24.5 Å². The van der Waals surface area contributed by atoms with Gasteiger partial charge in [-0.15, -0.1) is 0 Å². The van der Waals surface area contributed by atoms with Crippen LogP contribution in [0, 0.1) is 13.8 Å². The molecule has 4 heteroatoms. The van der Waals surface area contributed by atoms with Crippen LogP contribution in [0.3, 0.4) is 0 Å². The third-order valence-electron chi connectivity index (χ3n) is 2.53. The Bertz CT molecular complexity index is 502. The van der Waals surface area contributed by atoms with Gasteiger partial charge in [-0.2, -0.15) is 5.10 Å². The molecule has 0 saturated heterocycles. The molecule has 0 aromatic carbocycles. The van der Waals surface area contributed by atoms with E-state index in [1.54, 1.807) is 0 Å². The Balaban J connectivity index is 2.31. The van der Waals surface area contributed by atoms with E-state index in [4.69, 9.17) is 0 Å². The lowest BCUT2D eigenvalue weighted by atomic mass is 10.2. The van der Waals surface area contributed by atoms with Gasteiger partial charge in [-0.1, -0.05) is 6.92 Å². The van der Waals surface area contributed by atoms with Gasteiger partial charge >= 0.3 is 0 Å². The van der Waals surface area contributed by atoms with Gasteiger partial charge in [0, 0.05) is 18.4 Å². The topological polar surface area (TPSA) is 42.7 Å². The molecule has 0 aliphatic carbocycles. The molecule has 0 bridgehead atoms. The van der Waals surface area contributed by atoms with Crippen LogP contribution in [0.2, 0.25) is 0 Å². The van der Waals surface area contributed by atoms with Crippen molar-refractivity contribution in [3.8, 4) is 5.82 Å². The van der Waals surface area contributed by atoms with Gasteiger partial charge in [0.1, 0.15) is 0 Å². The maximum absolute atomic E-state index is 4.50. The van der Waals surface area contributed by atoms with E-state index in [2.05, 4.69) is 34.5 Å². The molecule has 0 aliphatic heterocycles. The minimum absolute atomic E-state index is 0.868. The molecule has 0 unspecified atom stereocenters. The van der Waals surface area contributed by atoms with E-state index in [1.165, 1.54) is 5.56 Å². The van der Waals surface area contributed by atoms with Crippen molar-refractivity contribution in [3.05, 3.63) is 41.3 Å². The lowest BCUT2D eigenvalue weighted by Gasteiger charge is -2.07. The van der Waals surface area contributed by atoms with Gasteiger partial charge in [0.2, 0.25) is 0 Å². The molecule has 2 aromatic rings. The third kappa shape index (κ3) is 2.91. The number of nitrogens with one attached hydrogen (secondary N) is 1. The van der Waals surface area contributed by atoms with Gasteiger partial charge in [0.25, 0.3) is 0 Å². The third-order valence-corrected chi connectivity index (χ3v) is 2.53. The quantitative estimate of drug-likeness (QED) is 0.873. The van der Waals surface area contributed by atoms with E-state index in [-0.39, 0.29) is 0 Å². The number of aromatic nitrogens is 3. The summed E-state index contributed by atoms with van der Waals surface area (Å²) in [7, 11) is 0. The minimum atomic E-state index is 0.868. The summed E-state index contributed by atoms with van der Waals surface area (Å²) in [5, 5.41) is 7.60. The molecule has 2 heterocycles. The van der Waals surface area contributed by atoms with Crippen molar-refractivity contribution in [1.82, 2.24) is 20.1 Å². The molecule has 0 aliphatic rings. The molecule has 1 N–H and O–H groups in total. The molecule has 4 nitrogen and oxygen atoms in total. The molecule has 0 spiro atoms. The number of hydrogen-bond acceptors (Lipinski definition) is 3. The van der Waals surface area contributed by atoms with Gasteiger partial charge in [-0.25, -0.2) is 9.67 Å². The fourth-order valence-corrected chi connectivity index (χ4v) is 1.75. The van der Waals surface area contributed by atoms with Crippen LogP contribution < -0.4 is 5.32 Å². The zero-order valence-corrected chi connectivity index (χ0v) is 10.6. The number of nitrogens with zero attached hydrogens (tertiary/aromatic N) is 3. The second kappa shape index (κ2) is 5.10. The van der Waals surface area contributed by atoms with Crippen LogP contribution >= 0.6 is 0 Å². The SMILES string of the molecule is CCNCc1cc(C)nc(-n2cc(C)cn2)c1. The van der Waals surface area contributed by atoms with E-state index in [0.717, 1.165) is 30.2 Å². The van der Waals surface area contributed by atoms with Crippen LogP contribution in [0.5, 0.6) is 0 Å². The van der Waals surface area contributed by atoms with E-state index < -0.39 is 0 Å².